The van der Waals surface area contributed by atoms with E-state index in [4.69, 9.17) is 5.73 Å². The Morgan fingerprint density at radius 3 is 2.26 bits per heavy atom. The first-order chi connectivity index (χ1) is 8.75. The number of aryl methyl sites for hydroxylation is 1. The number of pyridine rings is 1. The van der Waals surface area contributed by atoms with Crippen LogP contribution in [0.3, 0.4) is 0 Å². The number of hydrogen-bond donors (Lipinski definition) is 1. The molecule has 9 nitrogen and oxygen atoms in total. The molecule has 0 aliphatic carbocycles. The quantitative estimate of drug-likeness (QED) is 0.620. The van der Waals surface area contributed by atoms with E-state index in [1.807, 2.05) is 0 Å². The standard InChI is InChI=1S/C10H15N5O4/c1-6-8(11)9(14(16)17)7(4-5-13(2)3)10(12-6)15(18)19/h4-5,11H2,1-3H3. The average molecular weight is 269 g/mol. The van der Waals surface area contributed by atoms with Gasteiger partial charge in [-0.05, 0) is 24.0 Å². The van der Waals surface area contributed by atoms with Crippen LogP contribution in [-0.4, -0.2) is 40.4 Å². The maximum absolute atomic E-state index is 11.1. The van der Waals surface area contributed by atoms with Crippen LogP contribution in [0.5, 0.6) is 0 Å². The van der Waals surface area contributed by atoms with E-state index >= 15 is 0 Å². The Kier molecular flexibility index (Phi) is 4.33. The summed E-state index contributed by atoms with van der Waals surface area (Å²) in [6, 6.07) is 0. The van der Waals surface area contributed by atoms with Crippen molar-refractivity contribution in [3.8, 4) is 0 Å². The maximum atomic E-state index is 11.1. The van der Waals surface area contributed by atoms with Gasteiger partial charge in [-0.15, -0.1) is 0 Å². The molecule has 19 heavy (non-hydrogen) atoms. The molecule has 0 aliphatic heterocycles. The number of nitro groups is 2. The molecular formula is C10H15N5O4. The minimum absolute atomic E-state index is 0.0354. The van der Waals surface area contributed by atoms with Gasteiger partial charge in [0.2, 0.25) is 0 Å². The number of nitrogens with zero attached hydrogens (tertiary/aromatic N) is 4. The van der Waals surface area contributed by atoms with Gasteiger partial charge in [0.05, 0.1) is 4.92 Å². The highest BCUT2D eigenvalue weighted by Gasteiger charge is 2.32. The first-order valence-corrected chi connectivity index (χ1v) is 5.48. The van der Waals surface area contributed by atoms with Crippen LogP contribution in [0, 0.1) is 27.2 Å². The number of anilines is 1. The van der Waals surface area contributed by atoms with Gasteiger partial charge < -0.3 is 20.7 Å². The molecule has 0 amide bonds. The average Bonchev–Trinajstić information content (AvgIpc) is 2.28. The van der Waals surface area contributed by atoms with Crippen LogP contribution in [0.25, 0.3) is 0 Å². The number of likely N-dealkylation sites (N-methyl/N-ethyl adjacent to an activating group) is 1. The number of nitrogens with two attached hydrogens (primary N) is 1. The number of aromatic nitrogens is 1. The SMILES string of the molecule is Cc1nc([N+](=O)[O-])c(CCN(C)C)c([N+](=O)[O-])c1N. The van der Waals surface area contributed by atoms with Gasteiger partial charge in [-0.2, -0.15) is 0 Å². The fourth-order valence-electron chi connectivity index (χ4n) is 1.65. The van der Waals surface area contributed by atoms with Gasteiger partial charge in [-0.25, -0.2) is 0 Å². The molecular weight excluding hydrogens is 254 g/mol. The molecule has 0 radical (unpaired) electrons. The second kappa shape index (κ2) is 5.57. The van der Waals surface area contributed by atoms with Gasteiger partial charge in [0.15, 0.2) is 11.4 Å². The van der Waals surface area contributed by atoms with E-state index in [0.717, 1.165) is 0 Å². The van der Waals surface area contributed by atoms with Crippen molar-refractivity contribution >= 4 is 17.2 Å². The third kappa shape index (κ3) is 3.13. The van der Waals surface area contributed by atoms with Gasteiger partial charge in [0.25, 0.3) is 0 Å². The van der Waals surface area contributed by atoms with Gasteiger partial charge in [0.1, 0.15) is 5.56 Å². The van der Waals surface area contributed by atoms with Crippen LogP contribution in [0.15, 0.2) is 0 Å². The Morgan fingerprint density at radius 1 is 1.26 bits per heavy atom. The first kappa shape index (κ1) is 14.8. The number of nitrogen functional groups attached to an aromatic ring is 1. The van der Waals surface area contributed by atoms with Crippen molar-refractivity contribution in [2.45, 2.75) is 13.3 Å². The summed E-state index contributed by atoms with van der Waals surface area (Å²) in [5, 5.41) is 22.0. The van der Waals surface area contributed by atoms with Crippen molar-refractivity contribution in [3.05, 3.63) is 31.5 Å². The predicted octanol–water partition coefficient (Wildman–Crippen LogP) is 0.893. The Balaban J connectivity index is 3.47. The van der Waals surface area contributed by atoms with Crippen molar-refractivity contribution in [1.29, 1.82) is 0 Å². The van der Waals surface area contributed by atoms with Crippen molar-refractivity contribution in [2.75, 3.05) is 26.4 Å². The minimum Gasteiger partial charge on any atom is -0.390 e. The van der Waals surface area contributed by atoms with Gasteiger partial charge >= 0.3 is 11.5 Å². The molecule has 1 rings (SSSR count). The lowest BCUT2D eigenvalue weighted by Gasteiger charge is -2.10. The van der Waals surface area contributed by atoms with Crippen LogP contribution >= 0.6 is 0 Å². The summed E-state index contributed by atoms with van der Waals surface area (Å²) in [5.74, 6) is -0.500. The van der Waals surface area contributed by atoms with Crippen molar-refractivity contribution in [2.24, 2.45) is 0 Å². The molecule has 0 atom stereocenters. The van der Waals surface area contributed by atoms with Crippen LogP contribution in [0.2, 0.25) is 0 Å². The summed E-state index contributed by atoms with van der Waals surface area (Å²) < 4.78 is 0. The number of hydrogen-bond acceptors (Lipinski definition) is 7. The third-order valence-corrected chi connectivity index (χ3v) is 2.64. The molecule has 0 spiro atoms. The highest BCUT2D eigenvalue weighted by molar-refractivity contribution is 5.68. The van der Waals surface area contributed by atoms with E-state index in [1.165, 1.54) is 6.92 Å². The van der Waals surface area contributed by atoms with E-state index in [-0.39, 0.29) is 23.4 Å². The molecule has 104 valence electrons. The largest absolute Gasteiger partial charge is 0.390 e. The summed E-state index contributed by atoms with van der Waals surface area (Å²) in [4.78, 5) is 26.1. The lowest BCUT2D eigenvalue weighted by molar-refractivity contribution is -0.398. The van der Waals surface area contributed by atoms with Gasteiger partial charge in [-0.1, -0.05) is 0 Å². The lowest BCUT2D eigenvalue weighted by Crippen LogP contribution is -2.18. The molecule has 0 aliphatic rings. The summed E-state index contributed by atoms with van der Waals surface area (Å²) in [6.45, 7) is 1.83. The molecule has 0 fully saturated rings. The molecule has 2 N–H and O–H groups in total. The van der Waals surface area contributed by atoms with E-state index in [2.05, 4.69) is 4.98 Å². The van der Waals surface area contributed by atoms with Crippen LogP contribution < -0.4 is 5.73 Å². The van der Waals surface area contributed by atoms with Gasteiger partial charge in [-0.3, -0.25) is 10.1 Å². The Labute approximate surface area is 109 Å². The summed E-state index contributed by atoms with van der Waals surface area (Å²) >= 11 is 0. The Morgan fingerprint density at radius 2 is 1.84 bits per heavy atom. The highest BCUT2D eigenvalue weighted by atomic mass is 16.6. The maximum Gasteiger partial charge on any atom is 0.374 e. The normalized spacial score (nSPS) is 10.7. The lowest BCUT2D eigenvalue weighted by atomic mass is 10.1. The molecule has 1 heterocycles. The number of rotatable bonds is 5. The molecule has 0 saturated heterocycles. The van der Waals surface area contributed by atoms with Crippen molar-refractivity contribution in [1.82, 2.24) is 9.88 Å². The fourth-order valence-corrected chi connectivity index (χ4v) is 1.65. The zero-order valence-electron chi connectivity index (χ0n) is 10.9. The van der Waals surface area contributed by atoms with Crippen molar-refractivity contribution in [3.63, 3.8) is 0 Å². The molecule has 0 bridgehead atoms. The van der Waals surface area contributed by atoms with E-state index in [0.29, 0.717) is 6.54 Å². The monoisotopic (exact) mass is 269 g/mol. The van der Waals surface area contributed by atoms with Gasteiger partial charge in [0, 0.05) is 19.9 Å². The smallest absolute Gasteiger partial charge is 0.374 e. The topological polar surface area (TPSA) is 128 Å². The van der Waals surface area contributed by atoms with Crippen LogP contribution in [-0.2, 0) is 6.42 Å². The Hall–Kier alpha value is -2.29. The zero-order chi connectivity index (χ0) is 14.7. The fraction of sp³-hybridized carbons (Fsp3) is 0.500. The summed E-state index contributed by atoms with van der Waals surface area (Å²) in [5.41, 5.74) is 5.14. The Bertz CT molecular complexity index is 529. The third-order valence-electron chi connectivity index (χ3n) is 2.64. The van der Waals surface area contributed by atoms with E-state index in [1.54, 1.807) is 19.0 Å². The molecule has 0 saturated carbocycles. The molecule has 9 heteroatoms. The molecule has 0 aromatic carbocycles. The second-order valence-corrected chi connectivity index (χ2v) is 4.33. The second-order valence-electron chi connectivity index (χ2n) is 4.33. The van der Waals surface area contributed by atoms with Crippen LogP contribution in [0.1, 0.15) is 11.3 Å². The zero-order valence-corrected chi connectivity index (χ0v) is 10.9. The molecule has 1 aromatic heterocycles. The molecule has 0 unspecified atom stereocenters. The summed E-state index contributed by atoms with van der Waals surface area (Å²) in [7, 11) is 3.53. The van der Waals surface area contributed by atoms with Crippen molar-refractivity contribution < 1.29 is 9.85 Å². The minimum atomic E-state index is -0.718. The highest BCUT2D eigenvalue weighted by Crippen LogP contribution is 2.34. The van der Waals surface area contributed by atoms with E-state index < -0.39 is 21.4 Å². The van der Waals surface area contributed by atoms with Crippen LogP contribution in [0.4, 0.5) is 17.2 Å². The summed E-state index contributed by atoms with van der Waals surface area (Å²) in [6.07, 6.45) is 0.136. The predicted molar refractivity (Wildman–Crippen MR) is 69.0 cm³/mol. The molecule has 1 aromatic rings. The first-order valence-electron chi connectivity index (χ1n) is 5.48. The van der Waals surface area contributed by atoms with E-state index in [9.17, 15) is 20.2 Å².